The average molecular weight is 555 g/mol. The summed E-state index contributed by atoms with van der Waals surface area (Å²) >= 11 is 0. The lowest BCUT2D eigenvalue weighted by Gasteiger charge is -2.27. The van der Waals surface area contributed by atoms with Crippen LogP contribution in [-0.4, -0.2) is 51.6 Å². The summed E-state index contributed by atoms with van der Waals surface area (Å²) < 4.78 is 38.7. The number of carbonyl (C=O) groups is 2. The fourth-order valence-corrected chi connectivity index (χ4v) is 5.37. The molecule has 2 atom stereocenters. The molecule has 0 saturated heterocycles. The van der Waals surface area contributed by atoms with Gasteiger partial charge in [-0.15, -0.1) is 0 Å². The molecule has 11 nitrogen and oxygen atoms in total. The van der Waals surface area contributed by atoms with E-state index < -0.39 is 28.3 Å². The van der Waals surface area contributed by atoms with Gasteiger partial charge in [-0.2, -0.15) is 4.72 Å². The van der Waals surface area contributed by atoms with Crippen LogP contribution in [0, 0.1) is 6.92 Å². The van der Waals surface area contributed by atoms with Gasteiger partial charge in [0.05, 0.1) is 10.9 Å². The number of rotatable bonds is 10. The van der Waals surface area contributed by atoms with Crippen molar-refractivity contribution in [2.24, 2.45) is 0 Å². The van der Waals surface area contributed by atoms with Crippen LogP contribution in [-0.2, 0) is 26.0 Å². The molecule has 4 N–H and O–H groups in total. The Balaban J connectivity index is 1.56. The van der Waals surface area contributed by atoms with Crippen molar-refractivity contribution >= 4 is 33.2 Å². The maximum absolute atomic E-state index is 13.6. The molecule has 0 fully saturated rings. The Labute approximate surface area is 226 Å². The number of fused-ring (bicyclic) bond motifs is 1. The average Bonchev–Trinajstić information content (AvgIpc) is 3.36. The van der Waals surface area contributed by atoms with Crippen LogP contribution in [0.2, 0.25) is 0 Å². The lowest BCUT2D eigenvalue weighted by atomic mass is 10.0. The van der Waals surface area contributed by atoms with Crippen molar-refractivity contribution < 1.29 is 32.6 Å². The van der Waals surface area contributed by atoms with Gasteiger partial charge in [0.2, 0.25) is 28.6 Å². The predicted octanol–water partition coefficient (Wildman–Crippen LogP) is 2.10. The fourth-order valence-electron chi connectivity index (χ4n) is 4.13. The third-order valence-electron chi connectivity index (χ3n) is 6.10. The number of ether oxygens (including phenoxy) is 2. The SMILES string of the molecule is CC(=O)Nc1ccc(C[C@H](NC(O)NS(=O)(=O)c2ccccc2C)C(=O)N(C)c2ccc3c(c2)OCO3)cc1. The molecular weight excluding hydrogens is 524 g/mol. The van der Waals surface area contributed by atoms with Crippen molar-refractivity contribution in [3.63, 3.8) is 0 Å². The van der Waals surface area contributed by atoms with Gasteiger partial charge >= 0.3 is 0 Å². The fraction of sp³-hybridized carbons (Fsp3) is 0.259. The Morgan fingerprint density at radius 2 is 1.72 bits per heavy atom. The minimum Gasteiger partial charge on any atom is -0.454 e. The molecule has 1 unspecified atom stereocenters. The lowest BCUT2D eigenvalue weighted by molar-refractivity contribution is -0.121. The maximum Gasteiger partial charge on any atom is 0.244 e. The zero-order valence-electron chi connectivity index (χ0n) is 21.7. The summed E-state index contributed by atoms with van der Waals surface area (Å²) in [5.74, 6) is 0.409. The van der Waals surface area contributed by atoms with Crippen molar-refractivity contribution in [1.29, 1.82) is 0 Å². The zero-order valence-corrected chi connectivity index (χ0v) is 22.5. The second kappa shape index (κ2) is 11.8. The van der Waals surface area contributed by atoms with Gasteiger partial charge < -0.3 is 24.8 Å². The highest BCUT2D eigenvalue weighted by atomic mass is 32.2. The molecule has 4 rings (SSSR count). The smallest absolute Gasteiger partial charge is 0.244 e. The number of carbonyl (C=O) groups excluding carboxylic acids is 2. The summed E-state index contributed by atoms with van der Waals surface area (Å²) in [5.41, 5.74) is 2.33. The van der Waals surface area contributed by atoms with Gasteiger partial charge in [0.1, 0.15) is 0 Å². The Bertz CT molecular complexity index is 1460. The Hall–Kier alpha value is -3.97. The number of sulfonamides is 1. The molecule has 0 aliphatic carbocycles. The number of hydrogen-bond donors (Lipinski definition) is 4. The highest BCUT2D eigenvalue weighted by molar-refractivity contribution is 7.89. The molecule has 1 aliphatic heterocycles. The molecule has 206 valence electrons. The predicted molar refractivity (Wildman–Crippen MR) is 145 cm³/mol. The van der Waals surface area contributed by atoms with Gasteiger partial charge in [0.25, 0.3) is 0 Å². The molecule has 12 heteroatoms. The number of nitrogens with one attached hydrogen (secondary N) is 3. The van der Waals surface area contributed by atoms with Gasteiger partial charge in [-0.05, 0) is 54.8 Å². The van der Waals surface area contributed by atoms with Crippen molar-refractivity contribution in [2.75, 3.05) is 24.1 Å². The van der Waals surface area contributed by atoms with E-state index in [0.29, 0.717) is 34.0 Å². The van der Waals surface area contributed by atoms with Crippen LogP contribution in [0.4, 0.5) is 11.4 Å². The van der Waals surface area contributed by atoms with Crippen LogP contribution in [0.3, 0.4) is 0 Å². The van der Waals surface area contributed by atoms with E-state index in [1.807, 2.05) is 0 Å². The number of aliphatic hydroxyl groups excluding tert-OH is 1. The third-order valence-corrected chi connectivity index (χ3v) is 7.67. The quantitative estimate of drug-likeness (QED) is 0.279. The molecule has 3 aromatic carbocycles. The van der Waals surface area contributed by atoms with Crippen molar-refractivity contribution in [3.05, 3.63) is 77.9 Å². The molecular formula is C27H30N4O7S. The summed E-state index contributed by atoms with van der Waals surface area (Å²) in [6, 6.07) is 17.2. The first-order valence-electron chi connectivity index (χ1n) is 12.1. The Kier molecular flexibility index (Phi) is 8.51. The standard InChI is InChI=1S/C27H30N4O7S/c1-17-6-4-5-7-25(17)39(35,36)30-27(34)29-22(14-19-8-10-20(11-9-19)28-18(2)32)26(33)31(3)21-12-13-23-24(15-21)38-16-37-23/h4-13,15,22,27,29-30,34H,14,16H2,1-3H3,(H,28,32)/t22-,27?/m0/s1. The van der Waals surface area contributed by atoms with Crippen LogP contribution < -0.4 is 29.7 Å². The first-order valence-corrected chi connectivity index (χ1v) is 13.6. The summed E-state index contributed by atoms with van der Waals surface area (Å²) in [6.07, 6.45) is -1.66. The Morgan fingerprint density at radius 3 is 2.41 bits per heavy atom. The molecule has 2 amide bonds. The number of hydrogen-bond acceptors (Lipinski definition) is 8. The zero-order chi connectivity index (χ0) is 28.2. The van der Waals surface area contributed by atoms with E-state index in [0.717, 1.165) is 0 Å². The van der Waals surface area contributed by atoms with E-state index >= 15 is 0 Å². The summed E-state index contributed by atoms with van der Waals surface area (Å²) in [6.45, 7) is 3.13. The van der Waals surface area contributed by atoms with Crippen molar-refractivity contribution in [1.82, 2.24) is 10.0 Å². The number of anilines is 2. The van der Waals surface area contributed by atoms with Gasteiger partial charge in [-0.3, -0.25) is 14.9 Å². The first-order chi connectivity index (χ1) is 18.5. The Morgan fingerprint density at radius 1 is 1.03 bits per heavy atom. The summed E-state index contributed by atoms with van der Waals surface area (Å²) in [5, 5.41) is 16.1. The monoisotopic (exact) mass is 554 g/mol. The maximum atomic E-state index is 13.6. The normalized spacial score (nSPS) is 13.9. The van der Waals surface area contributed by atoms with Crippen molar-refractivity contribution in [2.45, 2.75) is 37.6 Å². The van der Waals surface area contributed by atoms with Crippen LogP contribution in [0.5, 0.6) is 11.5 Å². The van der Waals surface area contributed by atoms with E-state index in [9.17, 15) is 23.1 Å². The second-order valence-electron chi connectivity index (χ2n) is 9.03. The second-order valence-corrected chi connectivity index (χ2v) is 10.7. The first kappa shape index (κ1) is 28.0. The molecule has 0 radical (unpaired) electrons. The van der Waals surface area contributed by atoms with Gasteiger partial charge in [-0.25, -0.2) is 8.42 Å². The van der Waals surface area contributed by atoms with E-state index in [-0.39, 0.29) is 24.0 Å². The number of benzene rings is 3. The summed E-state index contributed by atoms with van der Waals surface area (Å²) in [7, 11) is -2.52. The number of aliphatic hydroxyl groups is 1. The molecule has 39 heavy (non-hydrogen) atoms. The van der Waals surface area contributed by atoms with Gasteiger partial charge in [0, 0.05) is 31.4 Å². The minimum absolute atomic E-state index is 0.0137. The number of amides is 2. The highest BCUT2D eigenvalue weighted by Crippen LogP contribution is 2.35. The molecule has 1 aliphatic rings. The van der Waals surface area contributed by atoms with Crippen LogP contribution in [0.15, 0.2) is 71.6 Å². The number of nitrogens with zero attached hydrogens (tertiary/aromatic N) is 1. The molecule has 0 bridgehead atoms. The van der Waals surface area contributed by atoms with Gasteiger partial charge in [-0.1, -0.05) is 30.3 Å². The van der Waals surface area contributed by atoms with E-state index in [4.69, 9.17) is 9.47 Å². The minimum atomic E-state index is -4.09. The topological polar surface area (TPSA) is 146 Å². The van der Waals surface area contributed by atoms with Crippen LogP contribution in [0.25, 0.3) is 0 Å². The van der Waals surface area contributed by atoms with Crippen molar-refractivity contribution in [3.8, 4) is 11.5 Å². The van der Waals surface area contributed by atoms with Crippen LogP contribution >= 0.6 is 0 Å². The van der Waals surface area contributed by atoms with Crippen LogP contribution in [0.1, 0.15) is 18.1 Å². The third kappa shape index (κ3) is 6.92. The summed E-state index contributed by atoms with van der Waals surface area (Å²) in [4.78, 5) is 26.4. The molecule has 0 spiro atoms. The van der Waals surface area contributed by atoms with E-state index in [1.165, 1.54) is 17.9 Å². The van der Waals surface area contributed by atoms with E-state index in [2.05, 4.69) is 15.4 Å². The largest absolute Gasteiger partial charge is 0.454 e. The molecule has 0 aromatic heterocycles. The number of aryl methyl sites for hydroxylation is 1. The molecule has 3 aromatic rings. The van der Waals surface area contributed by atoms with Gasteiger partial charge in [0.15, 0.2) is 17.9 Å². The van der Waals surface area contributed by atoms with E-state index in [1.54, 1.807) is 74.6 Å². The molecule has 0 saturated carbocycles. The number of likely N-dealkylation sites (N-methyl/N-ethyl adjacent to an activating group) is 1. The molecule has 1 heterocycles. The highest BCUT2D eigenvalue weighted by Gasteiger charge is 2.29. The lowest BCUT2D eigenvalue weighted by Crippen LogP contribution is -2.55.